The number of Topliss-reactive ketones (excluding diaryl/α,β-unsaturated/α-hetero) is 1. The fraction of sp³-hybridized carbons (Fsp3) is 0.286. The van der Waals surface area contributed by atoms with Gasteiger partial charge in [-0.25, -0.2) is 4.98 Å². The van der Waals surface area contributed by atoms with Crippen molar-refractivity contribution in [3.63, 3.8) is 0 Å². The second-order valence-corrected chi connectivity index (χ2v) is 6.86. The number of rotatable bonds is 10. The lowest BCUT2D eigenvalue weighted by molar-refractivity contribution is 0.0932. The summed E-state index contributed by atoms with van der Waals surface area (Å²) in [6.45, 7) is 0.543. The Hall–Kier alpha value is -2.94. The molecule has 0 aliphatic rings. The summed E-state index contributed by atoms with van der Waals surface area (Å²) in [4.78, 5) is 21.5. The number of ketones is 1. The van der Waals surface area contributed by atoms with E-state index in [1.54, 1.807) is 49.2 Å². The van der Waals surface area contributed by atoms with E-state index in [0.717, 1.165) is 5.56 Å². The number of aliphatic hydroxyl groups is 1. The fourth-order valence-corrected chi connectivity index (χ4v) is 3.18. The van der Waals surface area contributed by atoms with Crippen molar-refractivity contribution in [3.05, 3.63) is 64.6 Å². The third kappa shape index (κ3) is 4.96. The summed E-state index contributed by atoms with van der Waals surface area (Å²) < 4.78 is 11.9. The lowest BCUT2D eigenvalue weighted by Gasteiger charge is -2.14. The molecule has 2 N–H and O–H groups in total. The second-order valence-electron chi connectivity index (χ2n) is 6.45. The normalized spacial score (nSPS) is 10.8. The lowest BCUT2D eigenvalue weighted by atomic mass is 10.1. The molecule has 0 spiro atoms. The van der Waals surface area contributed by atoms with Crippen LogP contribution in [-0.2, 0) is 17.9 Å². The highest BCUT2D eigenvalue weighted by Gasteiger charge is 2.16. The Kier molecular flexibility index (Phi) is 7.40. The van der Waals surface area contributed by atoms with Crippen LogP contribution >= 0.6 is 11.6 Å². The molecule has 0 radical (unpaired) electrons. The van der Waals surface area contributed by atoms with Crippen molar-refractivity contribution in [1.82, 2.24) is 14.5 Å². The number of anilines is 1. The predicted molar refractivity (Wildman–Crippen MR) is 113 cm³/mol. The molecule has 0 unspecified atom stereocenters. The number of hydrogen-bond acceptors (Lipinski definition) is 7. The van der Waals surface area contributed by atoms with Crippen LogP contribution in [0.5, 0.6) is 5.75 Å². The number of nitrogens with one attached hydrogen (secondary N) is 1. The van der Waals surface area contributed by atoms with Crippen LogP contribution in [0.2, 0.25) is 5.02 Å². The quantitative estimate of drug-likeness (QED) is 0.476. The van der Waals surface area contributed by atoms with Gasteiger partial charge in [0.15, 0.2) is 5.78 Å². The van der Waals surface area contributed by atoms with E-state index in [1.165, 1.54) is 6.20 Å². The second kappa shape index (κ2) is 10.2. The minimum atomic E-state index is -0.155. The highest BCUT2D eigenvalue weighted by atomic mass is 35.5. The minimum Gasteiger partial charge on any atom is -0.495 e. The van der Waals surface area contributed by atoms with Gasteiger partial charge in [0.2, 0.25) is 5.95 Å². The fourth-order valence-electron chi connectivity index (χ4n) is 2.90. The van der Waals surface area contributed by atoms with Gasteiger partial charge in [-0.1, -0.05) is 17.7 Å². The average molecular weight is 431 g/mol. The van der Waals surface area contributed by atoms with Gasteiger partial charge in [0, 0.05) is 32.5 Å². The van der Waals surface area contributed by atoms with E-state index < -0.39 is 0 Å². The largest absolute Gasteiger partial charge is 0.495 e. The maximum absolute atomic E-state index is 12.6. The van der Waals surface area contributed by atoms with Gasteiger partial charge in [0.1, 0.15) is 11.6 Å². The molecule has 1 aromatic carbocycles. The van der Waals surface area contributed by atoms with E-state index in [4.69, 9.17) is 21.1 Å². The number of carbonyl (C=O) groups excluding carboxylic acids is 1. The Bertz CT molecular complexity index is 1020. The molecule has 0 fully saturated rings. The first-order valence-corrected chi connectivity index (χ1v) is 9.68. The maximum atomic E-state index is 12.6. The molecule has 0 bridgehead atoms. The molecular weight excluding hydrogens is 408 g/mol. The molecule has 0 saturated heterocycles. The van der Waals surface area contributed by atoms with Crippen LogP contribution in [0, 0.1) is 0 Å². The Morgan fingerprint density at radius 1 is 1.30 bits per heavy atom. The van der Waals surface area contributed by atoms with E-state index in [-0.39, 0.29) is 18.8 Å². The number of hydrogen-bond donors (Lipinski definition) is 2. The molecule has 2 heterocycles. The summed E-state index contributed by atoms with van der Waals surface area (Å²) in [6.07, 6.45) is 3.46. The predicted octanol–water partition coefficient (Wildman–Crippen LogP) is 3.25. The summed E-state index contributed by atoms with van der Waals surface area (Å²) in [5.74, 6) is 1.20. The molecule has 0 atom stereocenters. The summed E-state index contributed by atoms with van der Waals surface area (Å²) in [5.41, 5.74) is 1.91. The van der Waals surface area contributed by atoms with Crippen molar-refractivity contribution >= 4 is 23.2 Å². The zero-order valence-corrected chi connectivity index (χ0v) is 17.5. The van der Waals surface area contributed by atoms with E-state index in [9.17, 15) is 9.90 Å². The van der Waals surface area contributed by atoms with E-state index in [0.29, 0.717) is 46.9 Å². The Labute approximate surface area is 179 Å². The average Bonchev–Trinajstić information content (AvgIpc) is 3.25. The number of benzene rings is 1. The van der Waals surface area contributed by atoms with Crippen molar-refractivity contribution in [2.24, 2.45) is 0 Å². The Morgan fingerprint density at radius 3 is 2.83 bits per heavy atom. The van der Waals surface area contributed by atoms with E-state index >= 15 is 0 Å². The third-order valence-electron chi connectivity index (χ3n) is 4.50. The number of aromatic nitrogens is 3. The summed E-state index contributed by atoms with van der Waals surface area (Å²) in [6, 6.07) is 9.01. The highest BCUT2D eigenvalue weighted by Crippen LogP contribution is 2.26. The maximum Gasteiger partial charge on any atom is 0.235 e. The SMILES string of the molecule is COCCC(=O)c1cnc(-n2cccc2CO)nc1NCc1ccc(OC)c(Cl)c1. The molecule has 8 nitrogen and oxygen atoms in total. The highest BCUT2D eigenvalue weighted by molar-refractivity contribution is 6.32. The molecule has 0 aliphatic heterocycles. The van der Waals surface area contributed by atoms with E-state index in [1.807, 2.05) is 6.07 Å². The number of ether oxygens (including phenoxy) is 2. The topological polar surface area (TPSA) is 98.5 Å². The zero-order valence-electron chi connectivity index (χ0n) is 16.8. The van der Waals surface area contributed by atoms with Gasteiger partial charge in [-0.15, -0.1) is 0 Å². The third-order valence-corrected chi connectivity index (χ3v) is 4.79. The van der Waals surface area contributed by atoms with Gasteiger partial charge in [0.05, 0.1) is 36.6 Å². The molecule has 0 saturated carbocycles. The minimum absolute atomic E-state index is 0.131. The standard InChI is InChI=1S/C21H23ClN4O4/c1-29-9-7-18(28)16-12-24-21(26-8-3-4-15(26)13-27)25-20(16)23-11-14-5-6-19(30-2)17(22)10-14/h3-6,8,10,12,27H,7,9,11,13H2,1-2H3,(H,23,24,25). The van der Waals surface area contributed by atoms with Crippen molar-refractivity contribution < 1.29 is 19.4 Å². The van der Waals surface area contributed by atoms with Crippen molar-refractivity contribution in [2.75, 3.05) is 26.1 Å². The molecule has 0 amide bonds. The van der Waals surface area contributed by atoms with Gasteiger partial charge < -0.3 is 19.9 Å². The van der Waals surface area contributed by atoms with Gasteiger partial charge in [-0.2, -0.15) is 4.98 Å². The van der Waals surface area contributed by atoms with Gasteiger partial charge in [-0.05, 0) is 29.8 Å². The number of halogens is 1. The van der Waals surface area contributed by atoms with Crippen molar-refractivity contribution in [3.8, 4) is 11.7 Å². The molecule has 9 heteroatoms. The van der Waals surface area contributed by atoms with Crippen LogP contribution in [0.15, 0.2) is 42.7 Å². The number of methoxy groups -OCH3 is 2. The van der Waals surface area contributed by atoms with Crippen LogP contribution < -0.4 is 10.1 Å². The first-order valence-electron chi connectivity index (χ1n) is 9.30. The van der Waals surface area contributed by atoms with E-state index in [2.05, 4.69) is 15.3 Å². The molecular formula is C21H23ClN4O4. The van der Waals surface area contributed by atoms with Crippen LogP contribution in [0.4, 0.5) is 5.82 Å². The van der Waals surface area contributed by atoms with Crippen molar-refractivity contribution in [1.29, 1.82) is 0 Å². The molecule has 0 aliphatic carbocycles. The molecule has 3 rings (SSSR count). The van der Waals surface area contributed by atoms with Crippen molar-refractivity contribution in [2.45, 2.75) is 19.6 Å². The molecule has 2 aromatic heterocycles. The number of nitrogens with zero attached hydrogens (tertiary/aromatic N) is 3. The lowest BCUT2D eigenvalue weighted by Crippen LogP contribution is -2.14. The number of aliphatic hydroxyl groups excluding tert-OH is 1. The Balaban J connectivity index is 1.91. The van der Waals surface area contributed by atoms with Gasteiger partial charge in [-0.3, -0.25) is 9.36 Å². The number of carbonyl (C=O) groups is 1. The van der Waals surface area contributed by atoms with Gasteiger partial charge >= 0.3 is 0 Å². The first-order chi connectivity index (χ1) is 14.6. The first kappa shape index (κ1) is 21.8. The zero-order chi connectivity index (χ0) is 21.5. The molecule has 30 heavy (non-hydrogen) atoms. The summed E-state index contributed by atoms with van der Waals surface area (Å²) in [5, 5.41) is 13.2. The smallest absolute Gasteiger partial charge is 0.235 e. The van der Waals surface area contributed by atoms with Gasteiger partial charge in [0.25, 0.3) is 0 Å². The van der Waals surface area contributed by atoms with Crippen LogP contribution in [0.1, 0.15) is 28.0 Å². The van der Waals surface area contributed by atoms with Crippen LogP contribution in [-0.4, -0.2) is 46.3 Å². The Morgan fingerprint density at radius 2 is 2.13 bits per heavy atom. The van der Waals surface area contributed by atoms with Crippen LogP contribution in [0.25, 0.3) is 5.95 Å². The van der Waals surface area contributed by atoms with Crippen LogP contribution in [0.3, 0.4) is 0 Å². The summed E-state index contributed by atoms with van der Waals surface area (Å²) >= 11 is 6.20. The summed E-state index contributed by atoms with van der Waals surface area (Å²) in [7, 11) is 3.10. The molecule has 3 aromatic rings. The monoisotopic (exact) mass is 430 g/mol. The molecule has 158 valence electrons.